The number of rotatable bonds is 4. The molecule has 0 aliphatic carbocycles. The van der Waals surface area contributed by atoms with E-state index in [9.17, 15) is 4.79 Å². The molecular weight excluding hydrogens is 314 g/mol. The second kappa shape index (κ2) is 6.58. The number of hydrogen-bond donors (Lipinski definition) is 1. The van der Waals surface area contributed by atoms with Crippen molar-refractivity contribution in [2.75, 3.05) is 12.4 Å². The number of carbonyl (C=O) groups is 1. The van der Waals surface area contributed by atoms with E-state index in [4.69, 9.17) is 20.8 Å². The molecule has 0 aliphatic rings. The molecule has 0 spiro atoms. The van der Waals surface area contributed by atoms with Gasteiger partial charge in [0.2, 0.25) is 0 Å². The summed E-state index contributed by atoms with van der Waals surface area (Å²) < 4.78 is 10.6. The van der Waals surface area contributed by atoms with Crippen molar-refractivity contribution in [3.8, 4) is 17.1 Å². The van der Waals surface area contributed by atoms with E-state index in [1.165, 1.54) is 7.11 Å². The summed E-state index contributed by atoms with van der Waals surface area (Å²) in [5.41, 5.74) is 1.87. The number of halogens is 1. The number of benzene rings is 2. The number of hydrogen-bond acceptors (Lipinski definition) is 3. The molecule has 0 bridgehead atoms. The predicted molar refractivity (Wildman–Crippen MR) is 90.1 cm³/mol. The van der Waals surface area contributed by atoms with Gasteiger partial charge in [-0.3, -0.25) is 4.79 Å². The second-order valence-electron chi connectivity index (χ2n) is 4.86. The lowest BCUT2D eigenvalue weighted by molar-refractivity contribution is 0.102. The van der Waals surface area contributed by atoms with Crippen molar-refractivity contribution in [1.82, 2.24) is 0 Å². The fourth-order valence-corrected chi connectivity index (χ4v) is 2.40. The van der Waals surface area contributed by atoms with Crippen LogP contribution in [0.1, 0.15) is 10.4 Å². The SMILES string of the molecule is COc1ccc(Cl)cc1NC(=O)c1cccc(-c2ccco2)c1. The van der Waals surface area contributed by atoms with E-state index in [2.05, 4.69) is 5.32 Å². The van der Waals surface area contributed by atoms with Crippen LogP contribution in [0.4, 0.5) is 5.69 Å². The first kappa shape index (κ1) is 15.2. The standard InChI is InChI=1S/C18H14ClNO3/c1-22-17-8-7-14(19)11-15(17)20-18(21)13-5-2-4-12(10-13)16-6-3-9-23-16/h2-11H,1H3,(H,20,21). The number of ether oxygens (including phenoxy) is 1. The van der Waals surface area contributed by atoms with Crippen molar-refractivity contribution in [2.45, 2.75) is 0 Å². The number of furan rings is 1. The first-order valence-corrected chi connectivity index (χ1v) is 7.34. The zero-order valence-corrected chi connectivity index (χ0v) is 13.1. The van der Waals surface area contributed by atoms with Crippen molar-refractivity contribution in [3.63, 3.8) is 0 Å². The van der Waals surface area contributed by atoms with Gasteiger partial charge in [0, 0.05) is 16.1 Å². The van der Waals surface area contributed by atoms with E-state index >= 15 is 0 Å². The van der Waals surface area contributed by atoms with E-state index in [0.29, 0.717) is 27.8 Å². The normalized spacial score (nSPS) is 10.3. The fourth-order valence-electron chi connectivity index (χ4n) is 2.23. The Balaban J connectivity index is 1.87. The Kier molecular flexibility index (Phi) is 4.35. The largest absolute Gasteiger partial charge is 0.495 e. The van der Waals surface area contributed by atoms with Crippen LogP contribution in [0.5, 0.6) is 5.75 Å². The lowest BCUT2D eigenvalue weighted by Gasteiger charge is -2.11. The summed E-state index contributed by atoms with van der Waals surface area (Å²) in [6.07, 6.45) is 1.60. The van der Waals surface area contributed by atoms with Gasteiger partial charge in [0.15, 0.2) is 0 Å². The van der Waals surface area contributed by atoms with Gasteiger partial charge in [-0.05, 0) is 42.5 Å². The maximum atomic E-state index is 12.5. The Hall–Kier alpha value is -2.72. The molecule has 2 aromatic carbocycles. The predicted octanol–water partition coefficient (Wildman–Crippen LogP) is 4.86. The van der Waals surface area contributed by atoms with E-state index < -0.39 is 0 Å². The van der Waals surface area contributed by atoms with Crippen LogP contribution in [0.25, 0.3) is 11.3 Å². The van der Waals surface area contributed by atoms with Crippen molar-refractivity contribution in [3.05, 3.63) is 71.4 Å². The molecule has 4 nitrogen and oxygen atoms in total. The topological polar surface area (TPSA) is 51.5 Å². The van der Waals surface area contributed by atoms with Crippen LogP contribution in [0.3, 0.4) is 0 Å². The molecule has 0 saturated carbocycles. The summed E-state index contributed by atoms with van der Waals surface area (Å²) in [7, 11) is 1.54. The van der Waals surface area contributed by atoms with Crippen molar-refractivity contribution in [2.24, 2.45) is 0 Å². The molecule has 5 heteroatoms. The van der Waals surface area contributed by atoms with Gasteiger partial charge >= 0.3 is 0 Å². The molecular formula is C18H14ClNO3. The van der Waals surface area contributed by atoms with Crippen molar-refractivity contribution >= 4 is 23.2 Å². The highest BCUT2D eigenvalue weighted by Crippen LogP contribution is 2.28. The Morgan fingerprint density at radius 1 is 1.13 bits per heavy atom. The molecule has 0 fully saturated rings. The van der Waals surface area contributed by atoms with Gasteiger partial charge in [-0.25, -0.2) is 0 Å². The highest BCUT2D eigenvalue weighted by Gasteiger charge is 2.12. The van der Waals surface area contributed by atoms with Crippen molar-refractivity contribution in [1.29, 1.82) is 0 Å². The summed E-state index contributed by atoms with van der Waals surface area (Å²) in [6.45, 7) is 0. The molecule has 1 N–H and O–H groups in total. The molecule has 1 amide bonds. The maximum Gasteiger partial charge on any atom is 0.255 e. The van der Waals surface area contributed by atoms with Gasteiger partial charge in [-0.15, -0.1) is 0 Å². The first-order valence-electron chi connectivity index (χ1n) is 6.96. The number of nitrogens with one attached hydrogen (secondary N) is 1. The number of carbonyl (C=O) groups excluding carboxylic acids is 1. The number of anilines is 1. The lowest BCUT2D eigenvalue weighted by atomic mass is 10.1. The van der Waals surface area contributed by atoms with Crippen LogP contribution in [-0.2, 0) is 0 Å². The summed E-state index contributed by atoms with van der Waals surface area (Å²) >= 11 is 5.98. The zero-order valence-electron chi connectivity index (χ0n) is 12.4. The quantitative estimate of drug-likeness (QED) is 0.744. The maximum absolute atomic E-state index is 12.5. The molecule has 1 aromatic heterocycles. The summed E-state index contributed by atoms with van der Waals surface area (Å²) in [6, 6.07) is 15.9. The summed E-state index contributed by atoms with van der Waals surface area (Å²) in [5.74, 6) is 1.00. The number of amides is 1. The third-order valence-corrected chi connectivity index (χ3v) is 3.58. The molecule has 23 heavy (non-hydrogen) atoms. The van der Waals surface area contributed by atoms with Crippen LogP contribution in [0.15, 0.2) is 65.3 Å². The minimum atomic E-state index is -0.251. The molecule has 0 saturated heterocycles. The van der Waals surface area contributed by atoms with Crippen LogP contribution in [0.2, 0.25) is 5.02 Å². The van der Waals surface area contributed by atoms with E-state index in [-0.39, 0.29) is 5.91 Å². The third kappa shape index (κ3) is 3.38. The Morgan fingerprint density at radius 2 is 2.00 bits per heavy atom. The molecule has 3 aromatic rings. The average molecular weight is 328 g/mol. The Bertz CT molecular complexity index is 828. The summed E-state index contributed by atoms with van der Waals surface area (Å²) in [5, 5.41) is 3.33. The van der Waals surface area contributed by atoms with Gasteiger partial charge in [0.1, 0.15) is 11.5 Å². The van der Waals surface area contributed by atoms with E-state index in [1.807, 2.05) is 18.2 Å². The van der Waals surface area contributed by atoms with Crippen LogP contribution >= 0.6 is 11.6 Å². The molecule has 3 rings (SSSR count). The number of methoxy groups -OCH3 is 1. The Morgan fingerprint density at radius 3 is 2.74 bits per heavy atom. The van der Waals surface area contributed by atoms with Gasteiger partial charge in [0.25, 0.3) is 5.91 Å². The molecule has 1 heterocycles. The van der Waals surface area contributed by atoms with E-state index in [0.717, 1.165) is 5.56 Å². The fraction of sp³-hybridized carbons (Fsp3) is 0.0556. The monoisotopic (exact) mass is 327 g/mol. The molecule has 116 valence electrons. The van der Waals surface area contributed by atoms with Crippen molar-refractivity contribution < 1.29 is 13.9 Å². The van der Waals surface area contributed by atoms with Gasteiger partial charge < -0.3 is 14.5 Å². The van der Waals surface area contributed by atoms with E-state index in [1.54, 1.807) is 42.7 Å². The highest BCUT2D eigenvalue weighted by atomic mass is 35.5. The van der Waals surface area contributed by atoms with Crippen LogP contribution in [0, 0.1) is 0 Å². The third-order valence-electron chi connectivity index (χ3n) is 3.34. The molecule has 0 unspecified atom stereocenters. The minimum Gasteiger partial charge on any atom is -0.495 e. The average Bonchev–Trinajstić information content (AvgIpc) is 3.10. The van der Waals surface area contributed by atoms with Gasteiger partial charge in [0.05, 0.1) is 19.1 Å². The first-order chi connectivity index (χ1) is 11.2. The lowest BCUT2D eigenvalue weighted by Crippen LogP contribution is -2.12. The Labute approximate surface area is 138 Å². The smallest absolute Gasteiger partial charge is 0.255 e. The summed E-state index contributed by atoms with van der Waals surface area (Å²) in [4.78, 5) is 12.5. The second-order valence-corrected chi connectivity index (χ2v) is 5.29. The molecule has 0 radical (unpaired) electrons. The van der Waals surface area contributed by atoms with Crippen LogP contribution < -0.4 is 10.1 Å². The van der Waals surface area contributed by atoms with Crippen LogP contribution in [-0.4, -0.2) is 13.0 Å². The van der Waals surface area contributed by atoms with Gasteiger partial charge in [-0.2, -0.15) is 0 Å². The zero-order chi connectivity index (χ0) is 16.2. The molecule has 0 aliphatic heterocycles. The van der Waals surface area contributed by atoms with Gasteiger partial charge in [-0.1, -0.05) is 23.7 Å². The highest BCUT2D eigenvalue weighted by molar-refractivity contribution is 6.31. The minimum absolute atomic E-state index is 0.251. The molecule has 0 atom stereocenters.